The molecule has 0 saturated carbocycles. The number of nitrogens with two attached hydrogens (primary N) is 2. The number of anilines is 3. The first-order chi connectivity index (χ1) is 8.58. The van der Waals surface area contributed by atoms with Crippen molar-refractivity contribution in [2.45, 2.75) is 19.9 Å². The van der Waals surface area contributed by atoms with Crippen LogP contribution in [0.15, 0.2) is 29.6 Å². The number of thiophene rings is 1. The normalized spacial score (nSPS) is 12.6. The number of nitrogen functional groups attached to an aromatic ring is 2. The van der Waals surface area contributed by atoms with Gasteiger partial charge in [-0.05, 0) is 29.5 Å². The molecule has 5 heteroatoms. The van der Waals surface area contributed by atoms with Gasteiger partial charge in [-0.15, -0.1) is 11.3 Å². The van der Waals surface area contributed by atoms with Crippen LogP contribution < -0.4 is 16.8 Å². The maximum Gasteiger partial charge on any atom is 0.149 e. The molecule has 5 N–H and O–H groups in total. The fraction of sp³-hybridized carbons (Fsp3) is 0.308. The molecular formula is C13H18N4S. The van der Waals surface area contributed by atoms with E-state index in [0.717, 1.165) is 5.82 Å². The van der Waals surface area contributed by atoms with Gasteiger partial charge < -0.3 is 16.8 Å². The number of aromatic nitrogens is 1. The Balaban J connectivity index is 2.21. The predicted molar refractivity (Wildman–Crippen MR) is 78.6 cm³/mol. The van der Waals surface area contributed by atoms with Crippen molar-refractivity contribution in [1.29, 1.82) is 0 Å². The first-order valence-corrected chi connectivity index (χ1v) is 6.78. The Bertz CT molecular complexity index is 508. The summed E-state index contributed by atoms with van der Waals surface area (Å²) >= 11 is 1.74. The van der Waals surface area contributed by atoms with Crippen LogP contribution in [0, 0.1) is 5.92 Å². The van der Waals surface area contributed by atoms with Crippen LogP contribution in [0.2, 0.25) is 0 Å². The van der Waals surface area contributed by atoms with Gasteiger partial charge in [0.25, 0.3) is 0 Å². The van der Waals surface area contributed by atoms with Gasteiger partial charge in [0.15, 0.2) is 0 Å². The largest absolute Gasteiger partial charge is 0.396 e. The lowest BCUT2D eigenvalue weighted by molar-refractivity contribution is 0.552. The number of nitrogens with zero attached hydrogens (tertiary/aromatic N) is 1. The van der Waals surface area contributed by atoms with Gasteiger partial charge in [-0.3, -0.25) is 0 Å². The first kappa shape index (κ1) is 12.7. The van der Waals surface area contributed by atoms with Crippen LogP contribution in [0.3, 0.4) is 0 Å². The standard InChI is InChI=1S/C13H18N4S/c1-8(2)12(10-4-3-7-18-10)16-11-6-5-9(14)13(15)17-11/h3-8,12H,14H2,1-2H3,(H3,15,16,17). The smallest absolute Gasteiger partial charge is 0.149 e. The summed E-state index contributed by atoms with van der Waals surface area (Å²) in [6.45, 7) is 4.36. The highest BCUT2D eigenvalue weighted by Gasteiger charge is 2.17. The molecule has 0 aliphatic heterocycles. The second-order valence-corrected chi connectivity index (χ2v) is 5.53. The SMILES string of the molecule is CC(C)C(Nc1ccc(N)c(N)n1)c1cccs1. The molecule has 2 rings (SSSR count). The third-order valence-electron chi connectivity index (χ3n) is 2.78. The van der Waals surface area contributed by atoms with E-state index in [9.17, 15) is 0 Å². The van der Waals surface area contributed by atoms with Crippen molar-refractivity contribution < 1.29 is 0 Å². The fourth-order valence-electron chi connectivity index (χ4n) is 1.76. The Kier molecular flexibility index (Phi) is 3.72. The highest BCUT2D eigenvalue weighted by molar-refractivity contribution is 7.10. The average molecular weight is 262 g/mol. The predicted octanol–water partition coefficient (Wildman–Crippen LogP) is 3.12. The van der Waals surface area contributed by atoms with E-state index in [1.54, 1.807) is 17.4 Å². The van der Waals surface area contributed by atoms with Gasteiger partial charge in [-0.2, -0.15) is 0 Å². The van der Waals surface area contributed by atoms with Crippen LogP contribution >= 0.6 is 11.3 Å². The van der Waals surface area contributed by atoms with E-state index in [4.69, 9.17) is 11.5 Å². The van der Waals surface area contributed by atoms with Crippen molar-refractivity contribution >= 4 is 28.7 Å². The Morgan fingerprint density at radius 1 is 1.22 bits per heavy atom. The molecule has 1 atom stereocenters. The summed E-state index contributed by atoms with van der Waals surface area (Å²) in [5.41, 5.74) is 11.9. The van der Waals surface area contributed by atoms with Crippen LogP contribution in [-0.4, -0.2) is 4.98 Å². The molecule has 0 aliphatic rings. The molecule has 0 spiro atoms. The zero-order chi connectivity index (χ0) is 13.1. The van der Waals surface area contributed by atoms with Crippen LogP contribution in [0.4, 0.5) is 17.3 Å². The highest BCUT2D eigenvalue weighted by atomic mass is 32.1. The molecule has 2 aromatic heterocycles. The summed E-state index contributed by atoms with van der Waals surface area (Å²) in [6.07, 6.45) is 0. The van der Waals surface area contributed by atoms with E-state index in [2.05, 4.69) is 41.7 Å². The number of hydrogen-bond donors (Lipinski definition) is 3. The molecule has 96 valence electrons. The number of hydrogen-bond acceptors (Lipinski definition) is 5. The maximum atomic E-state index is 5.72. The van der Waals surface area contributed by atoms with Crippen molar-refractivity contribution in [3.05, 3.63) is 34.5 Å². The van der Waals surface area contributed by atoms with Crippen LogP contribution in [0.5, 0.6) is 0 Å². The lowest BCUT2D eigenvalue weighted by Crippen LogP contribution is -2.16. The topological polar surface area (TPSA) is 77.0 Å². The van der Waals surface area contributed by atoms with E-state index in [-0.39, 0.29) is 6.04 Å². The summed E-state index contributed by atoms with van der Waals surface area (Å²) in [5.74, 6) is 1.59. The van der Waals surface area contributed by atoms with Gasteiger partial charge in [0.2, 0.25) is 0 Å². The van der Waals surface area contributed by atoms with Crippen molar-refractivity contribution in [3.63, 3.8) is 0 Å². The molecule has 0 bridgehead atoms. The zero-order valence-electron chi connectivity index (χ0n) is 10.6. The minimum atomic E-state index is 0.237. The minimum Gasteiger partial charge on any atom is -0.396 e. The molecule has 1 unspecified atom stereocenters. The van der Waals surface area contributed by atoms with E-state index in [1.807, 2.05) is 6.07 Å². The van der Waals surface area contributed by atoms with E-state index in [0.29, 0.717) is 17.4 Å². The maximum absolute atomic E-state index is 5.72. The fourth-order valence-corrected chi connectivity index (χ4v) is 2.71. The summed E-state index contributed by atoms with van der Waals surface area (Å²) < 4.78 is 0. The van der Waals surface area contributed by atoms with Crippen molar-refractivity contribution in [1.82, 2.24) is 4.98 Å². The van der Waals surface area contributed by atoms with Gasteiger partial charge >= 0.3 is 0 Å². The molecule has 0 saturated heterocycles. The molecule has 0 amide bonds. The monoisotopic (exact) mass is 262 g/mol. The zero-order valence-corrected chi connectivity index (χ0v) is 11.4. The van der Waals surface area contributed by atoms with Crippen molar-refractivity contribution in [3.8, 4) is 0 Å². The summed E-state index contributed by atoms with van der Waals surface area (Å²) in [5, 5.41) is 5.49. The van der Waals surface area contributed by atoms with E-state index in [1.165, 1.54) is 4.88 Å². The van der Waals surface area contributed by atoms with Gasteiger partial charge in [-0.25, -0.2) is 4.98 Å². The van der Waals surface area contributed by atoms with Gasteiger partial charge in [0.1, 0.15) is 11.6 Å². The number of nitrogens with one attached hydrogen (secondary N) is 1. The molecular weight excluding hydrogens is 244 g/mol. The van der Waals surface area contributed by atoms with E-state index < -0.39 is 0 Å². The van der Waals surface area contributed by atoms with E-state index >= 15 is 0 Å². The molecule has 4 nitrogen and oxygen atoms in total. The highest BCUT2D eigenvalue weighted by Crippen LogP contribution is 2.29. The second kappa shape index (κ2) is 5.27. The number of rotatable bonds is 4. The van der Waals surface area contributed by atoms with Gasteiger partial charge in [0.05, 0.1) is 11.7 Å². The summed E-state index contributed by atoms with van der Waals surface area (Å²) in [6, 6.07) is 8.05. The Labute approximate surface area is 111 Å². The van der Waals surface area contributed by atoms with Gasteiger partial charge in [-0.1, -0.05) is 19.9 Å². The third kappa shape index (κ3) is 2.73. The first-order valence-electron chi connectivity index (χ1n) is 5.90. The number of pyridine rings is 1. The van der Waals surface area contributed by atoms with Crippen LogP contribution in [-0.2, 0) is 0 Å². The Morgan fingerprint density at radius 2 is 2.00 bits per heavy atom. The molecule has 0 radical (unpaired) electrons. The second-order valence-electron chi connectivity index (χ2n) is 4.55. The molecule has 0 aliphatic carbocycles. The van der Waals surface area contributed by atoms with Crippen LogP contribution in [0.1, 0.15) is 24.8 Å². The molecule has 0 fully saturated rings. The molecule has 2 aromatic rings. The molecule has 18 heavy (non-hydrogen) atoms. The Hall–Kier alpha value is -1.75. The quantitative estimate of drug-likeness (QED) is 0.791. The summed E-state index contributed by atoms with van der Waals surface area (Å²) in [7, 11) is 0. The summed E-state index contributed by atoms with van der Waals surface area (Å²) in [4.78, 5) is 5.54. The van der Waals surface area contributed by atoms with Gasteiger partial charge in [0, 0.05) is 4.88 Å². The minimum absolute atomic E-state index is 0.237. The van der Waals surface area contributed by atoms with Crippen molar-refractivity contribution in [2.75, 3.05) is 16.8 Å². The van der Waals surface area contributed by atoms with Crippen LogP contribution in [0.25, 0.3) is 0 Å². The average Bonchev–Trinajstić information content (AvgIpc) is 2.83. The molecule has 2 heterocycles. The Morgan fingerprint density at radius 3 is 2.56 bits per heavy atom. The third-order valence-corrected chi connectivity index (χ3v) is 3.73. The lowest BCUT2D eigenvalue weighted by atomic mass is 10.0. The molecule has 0 aromatic carbocycles. The lowest BCUT2D eigenvalue weighted by Gasteiger charge is -2.22. The van der Waals surface area contributed by atoms with Crippen molar-refractivity contribution in [2.24, 2.45) is 5.92 Å².